The number of halogens is 3. The predicted octanol–water partition coefficient (Wildman–Crippen LogP) is 3.19. The molecule has 0 fully saturated rings. The van der Waals surface area contributed by atoms with Crippen LogP contribution in [0.25, 0.3) is 0 Å². The number of nitrogens with zero attached hydrogens (tertiary/aromatic N) is 3. The van der Waals surface area contributed by atoms with Gasteiger partial charge in [-0.1, -0.05) is 26.0 Å². The van der Waals surface area contributed by atoms with Crippen molar-refractivity contribution >= 4 is 11.9 Å². The molecular formula is C19H20F3N3O3. The highest BCUT2D eigenvalue weighted by Crippen LogP contribution is 2.39. The molecule has 1 amide bonds. The third-order valence-electron chi connectivity index (χ3n) is 5.20. The minimum Gasteiger partial charge on any atom is -0.497 e. The summed E-state index contributed by atoms with van der Waals surface area (Å²) in [6.07, 6.45) is -4.79. The van der Waals surface area contributed by atoms with Gasteiger partial charge >= 0.3 is 6.18 Å². The van der Waals surface area contributed by atoms with E-state index in [0.29, 0.717) is 17.4 Å². The lowest BCUT2D eigenvalue weighted by Gasteiger charge is -2.28. The van der Waals surface area contributed by atoms with Crippen molar-refractivity contribution in [2.75, 3.05) is 12.0 Å². The van der Waals surface area contributed by atoms with Crippen molar-refractivity contribution in [1.29, 1.82) is 0 Å². The highest BCUT2D eigenvalue weighted by Gasteiger charge is 2.52. The van der Waals surface area contributed by atoms with Gasteiger partial charge in [0.1, 0.15) is 11.3 Å². The monoisotopic (exact) mass is 395 g/mol. The normalized spacial score (nSPS) is 19.3. The molecule has 6 nitrogen and oxygen atoms in total. The quantitative estimate of drug-likeness (QED) is 0.798. The maximum atomic E-state index is 13.2. The maximum absolute atomic E-state index is 13.2. The van der Waals surface area contributed by atoms with E-state index >= 15 is 0 Å². The van der Waals surface area contributed by atoms with Crippen molar-refractivity contribution in [3.8, 4) is 5.75 Å². The van der Waals surface area contributed by atoms with Crippen molar-refractivity contribution in [1.82, 2.24) is 9.55 Å². The van der Waals surface area contributed by atoms with Crippen molar-refractivity contribution in [3.63, 3.8) is 0 Å². The lowest BCUT2D eigenvalue weighted by molar-refractivity contribution is -0.141. The number of carbonyl (C=O) groups is 1. The summed E-state index contributed by atoms with van der Waals surface area (Å²) in [4.78, 5) is 30.5. The van der Waals surface area contributed by atoms with Gasteiger partial charge in [0.2, 0.25) is 5.95 Å². The van der Waals surface area contributed by atoms with Gasteiger partial charge in [-0.25, -0.2) is 4.98 Å². The van der Waals surface area contributed by atoms with Gasteiger partial charge in [0, 0.05) is 6.07 Å². The number of ether oxygens (including phenoxy) is 1. The maximum Gasteiger partial charge on any atom is 0.433 e. The molecule has 1 unspecified atom stereocenters. The van der Waals surface area contributed by atoms with Crippen LogP contribution in [0, 0.1) is 5.92 Å². The van der Waals surface area contributed by atoms with E-state index in [1.807, 2.05) is 0 Å². The first-order valence-corrected chi connectivity index (χ1v) is 8.66. The molecule has 0 bridgehead atoms. The number of anilines is 1. The van der Waals surface area contributed by atoms with Gasteiger partial charge in [-0.3, -0.25) is 19.1 Å². The molecule has 150 valence electrons. The predicted molar refractivity (Wildman–Crippen MR) is 96.2 cm³/mol. The van der Waals surface area contributed by atoms with Crippen LogP contribution in [-0.2, 0) is 23.1 Å². The van der Waals surface area contributed by atoms with Crippen LogP contribution in [0.5, 0.6) is 5.75 Å². The van der Waals surface area contributed by atoms with Crippen LogP contribution in [0.15, 0.2) is 35.1 Å². The van der Waals surface area contributed by atoms with E-state index in [-0.39, 0.29) is 18.4 Å². The Morgan fingerprint density at radius 1 is 1.18 bits per heavy atom. The van der Waals surface area contributed by atoms with E-state index in [0.717, 1.165) is 9.47 Å². The lowest BCUT2D eigenvalue weighted by atomic mass is 9.87. The van der Waals surface area contributed by atoms with Gasteiger partial charge in [-0.2, -0.15) is 13.2 Å². The van der Waals surface area contributed by atoms with Crippen LogP contribution in [0.3, 0.4) is 0 Å². The molecule has 1 aliphatic rings. The number of carbonyl (C=O) groups excluding carboxylic acids is 1. The number of hydrogen-bond donors (Lipinski definition) is 0. The van der Waals surface area contributed by atoms with Crippen molar-refractivity contribution < 1.29 is 22.7 Å². The fraction of sp³-hybridized carbons (Fsp3) is 0.421. The highest BCUT2D eigenvalue weighted by atomic mass is 19.4. The molecule has 28 heavy (non-hydrogen) atoms. The van der Waals surface area contributed by atoms with Crippen molar-refractivity contribution in [2.24, 2.45) is 5.92 Å². The van der Waals surface area contributed by atoms with Gasteiger partial charge in [-0.05, 0) is 30.5 Å². The number of amides is 1. The minimum atomic E-state index is -4.79. The highest BCUT2D eigenvalue weighted by molar-refractivity contribution is 6.01. The zero-order valence-corrected chi connectivity index (χ0v) is 15.9. The van der Waals surface area contributed by atoms with E-state index in [9.17, 15) is 22.8 Å². The van der Waals surface area contributed by atoms with E-state index in [2.05, 4.69) is 4.98 Å². The Kier molecular flexibility index (Phi) is 4.73. The number of hydrogen-bond acceptors (Lipinski definition) is 4. The van der Waals surface area contributed by atoms with Crippen molar-refractivity contribution in [3.05, 3.63) is 51.9 Å². The fourth-order valence-electron chi connectivity index (χ4n) is 3.25. The summed E-state index contributed by atoms with van der Waals surface area (Å²) < 4.78 is 45.7. The van der Waals surface area contributed by atoms with Gasteiger partial charge < -0.3 is 4.74 Å². The second-order valence-corrected chi connectivity index (χ2v) is 7.15. The SMILES string of the molecule is COc1ccc(CN2C(=O)C(C)(C(C)C)n3c2nc(C(F)(F)F)cc3=O)cc1. The molecule has 2 aromatic rings. The molecule has 0 saturated heterocycles. The largest absolute Gasteiger partial charge is 0.497 e. The number of rotatable bonds is 4. The molecule has 1 aromatic carbocycles. The number of aromatic nitrogens is 2. The second kappa shape index (κ2) is 6.65. The summed E-state index contributed by atoms with van der Waals surface area (Å²) >= 11 is 0. The molecule has 0 spiro atoms. The van der Waals surface area contributed by atoms with Gasteiger partial charge in [-0.15, -0.1) is 0 Å². The zero-order chi connectivity index (χ0) is 20.9. The molecule has 0 saturated carbocycles. The molecule has 2 heterocycles. The Labute approximate surface area is 159 Å². The van der Waals surface area contributed by atoms with Crippen LogP contribution in [0.4, 0.5) is 19.1 Å². The van der Waals surface area contributed by atoms with Crippen LogP contribution in [-0.4, -0.2) is 22.6 Å². The molecule has 1 atom stereocenters. The molecule has 0 radical (unpaired) electrons. The number of benzene rings is 1. The number of alkyl halides is 3. The third-order valence-corrected chi connectivity index (χ3v) is 5.20. The summed E-state index contributed by atoms with van der Waals surface area (Å²) in [7, 11) is 1.51. The molecule has 0 N–H and O–H groups in total. The average Bonchev–Trinajstić information content (AvgIpc) is 2.85. The second-order valence-electron chi connectivity index (χ2n) is 7.15. The van der Waals surface area contributed by atoms with Crippen LogP contribution < -0.4 is 15.2 Å². The summed E-state index contributed by atoms with van der Waals surface area (Å²) in [5.41, 5.74) is -2.88. The zero-order valence-electron chi connectivity index (χ0n) is 15.9. The standard InChI is InChI=1S/C19H20F3N3O3/c1-11(2)18(3)16(27)24(10-12-5-7-13(28-4)8-6-12)17-23-14(19(20,21)22)9-15(26)25(17)18/h5-9,11H,10H2,1-4H3. The van der Waals surface area contributed by atoms with E-state index in [4.69, 9.17) is 4.74 Å². The van der Waals surface area contributed by atoms with Crippen LogP contribution in [0.2, 0.25) is 0 Å². The summed E-state index contributed by atoms with van der Waals surface area (Å²) in [6.45, 7) is 5.01. The topological polar surface area (TPSA) is 64.4 Å². The first kappa shape index (κ1) is 19.9. The molecular weight excluding hydrogens is 375 g/mol. The van der Waals surface area contributed by atoms with Crippen LogP contribution >= 0.6 is 0 Å². The number of methoxy groups -OCH3 is 1. The Bertz CT molecular complexity index is 967. The molecule has 0 aliphatic carbocycles. The molecule has 3 rings (SSSR count). The smallest absolute Gasteiger partial charge is 0.433 e. The first-order valence-electron chi connectivity index (χ1n) is 8.66. The van der Waals surface area contributed by atoms with E-state index < -0.39 is 28.9 Å². The van der Waals surface area contributed by atoms with E-state index in [1.54, 1.807) is 45.0 Å². The first-order chi connectivity index (χ1) is 13.0. The van der Waals surface area contributed by atoms with Gasteiger partial charge in [0.05, 0.1) is 13.7 Å². The van der Waals surface area contributed by atoms with E-state index in [1.165, 1.54) is 7.11 Å². The molecule has 1 aliphatic heterocycles. The summed E-state index contributed by atoms with van der Waals surface area (Å²) in [5, 5.41) is 0. The lowest BCUT2D eigenvalue weighted by Crippen LogP contribution is -2.47. The number of fused-ring (bicyclic) bond motifs is 1. The Morgan fingerprint density at radius 2 is 1.79 bits per heavy atom. The fourth-order valence-corrected chi connectivity index (χ4v) is 3.25. The van der Waals surface area contributed by atoms with Crippen LogP contribution in [0.1, 0.15) is 32.0 Å². The molecule has 1 aromatic heterocycles. The van der Waals surface area contributed by atoms with Crippen molar-refractivity contribution in [2.45, 2.75) is 39.0 Å². The minimum absolute atomic E-state index is 0.0150. The summed E-state index contributed by atoms with van der Waals surface area (Å²) in [5.74, 6) is -0.493. The Hall–Kier alpha value is -2.84. The molecule has 9 heteroatoms. The van der Waals surface area contributed by atoms with Gasteiger partial charge in [0.15, 0.2) is 5.69 Å². The summed E-state index contributed by atoms with van der Waals surface area (Å²) in [6, 6.07) is 7.21. The average molecular weight is 395 g/mol. The Balaban J connectivity index is 2.15. The Morgan fingerprint density at radius 3 is 2.29 bits per heavy atom. The van der Waals surface area contributed by atoms with Gasteiger partial charge in [0.25, 0.3) is 11.5 Å². The third kappa shape index (κ3) is 3.04.